The Balaban J connectivity index is 1.95. The number of anilines is 1. The van der Waals surface area contributed by atoms with Crippen LogP contribution in [0.4, 0.5) is 5.69 Å². The zero-order valence-electron chi connectivity index (χ0n) is 12.8. The quantitative estimate of drug-likeness (QED) is 0.670. The molecule has 0 saturated heterocycles. The number of benzene rings is 2. The van der Waals surface area contributed by atoms with E-state index in [-0.39, 0.29) is 5.78 Å². The molecule has 3 aromatic rings. The van der Waals surface area contributed by atoms with Crippen LogP contribution < -0.4 is 15.9 Å². The highest BCUT2D eigenvalue weighted by molar-refractivity contribution is 6.33. The molecular weight excluding hydrogens is 296 g/mol. The standard InChI is InChI=1S/C21H14N2O/c24-21-15-10-4-6-12-17(15)23-20(21)19-18(13-7-1-2-8-13)14-9-3-5-11-16(14)22-19/h1-12,22-23H/b20-19+. The first kappa shape index (κ1) is 13.1. The van der Waals surface area contributed by atoms with Gasteiger partial charge in [0, 0.05) is 27.4 Å². The highest BCUT2D eigenvalue weighted by Crippen LogP contribution is 2.27. The van der Waals surface area contributed by atoms with E-state index in [0.717, 1.165) is 38.3 Å². The van der Waals surface area contributed by atoms with E-state index in [1.807, 2.05) is 54.6 Å². The number of nitrogens with one attached hydrogen (secondary N) is 2. The summed E-state index contributed by atoms with van der Waals surface area (Å²) < 4.78 is 0. The van der Waals surface area contributed by atoms with Crippen molar-refractivity contribution in [2.75, 3.05) is 5.32 Å². The lowest BCUT2D eigenvalue weighted by atomic mass is 10.1. The van der Waals surface area contributed by atoms with Crippen molar-refractivity contribution < 1.29 is 4.79 Å². The van der Waals surface area contributed by atoms with Crippen molar-refractivity contribution in [2.45, 2.75) is 0 Å². The number of allylic oxidation sites excluding steroid dienone is 4. The van der Waals surface area contributed by atoms with Crippen LogP contribution in [0.25, 0.3) is 22.2 Å². The van der Waals surface area contributed by atoms with Crippen molar-refractivity contribution in [1.29, 1.82) is 0 Å². The van der Waals surface area contributed by atoms with Gasteiger partial charge in [-0.05, 0) is 23.8 Å². The van der Waals surface area contributed by atoms with Crippen LogP contribution in [0, 0.1) is 0 Å². The molecule has 5 rings (SSSR count). The minimum Gasteiger partial charge on any atom is -0.353 e. The maximum absolute atomic E-state index is 12.9. The molecule has 0 amide bonds. The fourth-order valence-corrected chi connectivity index (χ4v) is 3.46. The topological polar surface area (TPSA) is 44.9 Å². The molecule has 2 aromatic carbocycles. The Kier molecular flexibility index (Phi) is 2.65. The molecule has 2 N–H and O–H groups in total. The zero-order chi connectivity index (χ0) is 16.1. The van der Waals surface area contributed by atoms with Gasteiger partial charge in [-0.25, -0.2) is 0 Å². The molecular formula is C21H14N2O. The number of Topliss-reactive ketones (excluding diaryl/α,β-unsaturated/α-hetero) is 1. The average molecular weight is 310 g/mol. The van der Waals surface area contributed by atoms with Gasteiger partial charge in [0.25, 0.3) is 0 Å². The third-order valence-corrected chi connectivity index (χ3v) is 4.57. The van der Waals surface area contributed by atoms with Gasteiger partial charge in [0.2, 0.25) is 5.78 Å². The van der Waals surface area contributed by atoms with Crippen LogP contribution in [-0.4, -0.2) is 10.8 Å². The second kappa shape index (κ2) is 4.83. The number of para-hydroxylation sites is 2. The Morgan fingerprint density at radius 2 is 1.58 bits per heavy atom. The fraction of sp³-hybridized carbons (Fsp3) is 0. The lowest BCUT2D eigenvalue weighted by Crippen LogP contribution is -2.30. The number of aromatic amines is 1. The second-order valence-electron chi connectivity index (χ2n) is 5.97. The molecule has 3 nitrogen and oxygen atoms in total. The summed E-state index contributed by atoms with van der Waals surface area (Å²) in [7, 11) is 0. The summed E-state index contributed by atoms with van der Waals surface area (Å²) in [5.41, 5.74) is 4.34. The fourth-order valence-electron chi connectivity index (χ4n) is 3.46. The maximum Gasteiger partial charge on any atom is 0.213 e. The molecule has 0 spiro atoms. The highest BCUT2D eigenvalue weighted by atomic mass is 16.1. The summed E-state index contributed by atoms with van der Waals surface area (Å²) in [6.07, 6.45) is 8.19. The molecule has 0 atom stereocenters. The molecule has 0 unspecified atom stereocenters. The van der Waals surface area contributed by atoms with E-state index in [1.165, 1.54) is 0 Å². The van der Waals surface area contributed by atoms with Gasteiger partial charge in [-0.3, -0.25) is 4.79 Å². The lowest BCUT2D eigenvalue weighted by molar-refractivity contribution is 0.105. The van der Waals surface area contributed by atoms with E-state index in [9.17, 15) is 4.79 Å². The number of H-pyrrole nitrogens is 1. The SMILES string of the molecule is O=C1/C(=c2\[nH]c3ccccc3c2=C2C=CC=C2)Nc2ccccc21. The Morgan fingerprint density at radius 3 is 2.42 bits per heavy atom. The third-order valence-electron chi connectivity index (χ3n) is 4.57. The van der Waals surface area contributed by atoms with Crippen LogP contribution in [0.2, 0.25) is 0 Å². The van der Waals surface area contributed by atoms with Gasteiger partial charge in [-0.15, -0.1) is 0 Å². The number of carbonyl (C=O) groups excluding carboxylic acids is 1. The van der Waals surface area contributed by atoms with E-state index in [4.69, 9.17) is 0 Å². The Bertz CT molecular complexity index is 1180. The van der Waals surface area contributed by atoms with E-state index < -0.39 is 0 Å². The number of aromatic nitrogens is 1. The maximum atomic E-state index is 12.9. The summed E-state index contributed by atoms with van der Waals surface area (Å²) in [6, 6.07) is 15.8. The smallest absolute Gasteiger partial charge is 0.213 e. The first-order valence-corrected chi connectivity index (χ1v) is 7.94. The largest absolute Gasteiger partial charge is 0.353 e. The Hall–Kier alpha value is -3.33. The molecule has 0 fully saturated rings. The lowest BCUT2D eigenvalue weighted by Gasteiger charge is -1.97. The average Bonchev–Trinajstić information content (AvgIpc) is 3.32. The Morgan fingerprint density at radius 1 is 0.833 bits per heavy atom. The number of ketones is 1. The third kappa shape index (κ3) is 1.75. The first-order valence-electron chi connectivity index (χ1n) is 7.94. The van der Waals surface area contributed by atoms with Crippen molar-refractivity contribution in [3.8, 4) is 0 Å². The Labute approximate surface area is 138 Å². The molecule has 114 valence electrons. The van der Waals surface area contributed by atoms with Gasteiger partial charge in [-0.1, -0.05) is 54.6 Å². The predicted octanol–water partition coefficient (Wildman–Crippen LogP) is 2.86. The van der Waals surface area contributed by atoms with Crippen LogP contribution in [0.5, 0.6) is 0 Å². The van der Waals surface area contributed by atoms with Crippen molar-refractivity contribution in [3.63, 3.8) is 0 Å². The van der Waals surface area contributed by atoms with Crippen molar-refractivity contribution >= 4 is 33.6 Å². The minimum atomic E-state index is 0.0324. The summed E-state index contributed by atoms with van der Waals surface area (Å²) >= 11 is 0. The molecule has 1 aliphatic carbocycles. The van der Waals surface area contributed by atoms with Gasteiger partial charge in [0.1, 0.15) is 5.70 Å². The van der Waals surface area contributed by atoms with Gasteiger partial charge >= 0.3 is 0 Å². The monoisotopic (exact) mass is 310 g/mol. The number of fused-ring (bicyclic) bond motifs is 2. The van der Waals surface area contributed by atoms with Crippen LogP contribution in [-0.2, 0) is 0 Å². The molecule has 1 aromatic heterocycles. The van der Waals surface area contributed by atoms with Crippen molar-refractivity contribution in [2.24, 2.45) is 0 Å². The van der Waals surface area contributed by atoms with Crippen molar-refractivity contribution in [1.82, 2.24) is 4.98 Å². The van der Waals surface area contributed by atoms with E-state index in [1.54, 1.807) is 0 Å². The summed E-state index contributed by atoms with van der Waals surface area (Å²) in [5, 5.41) is 6.34. The summed E-state index contributed by atoms with van der Waals surface area (Å²) in [5.74, 6) is 0.0324. The molecule has 24 heavy (non-hydrogen) atoms. The number of hydrogen-bond donors (Lipinski definition) is 2. The zero-order valence-corrected chi connectivity index (χ0v) is 12.8. The molecule has 3 heteroatoms. The minimum absolute atomic E-state index is 0.0324. The summed E-state index contributed by atoms with van der Waals surface area (Å²) in [4.78, 5) is 16.3. The molecule has 0 saturated carbocycles. The number of rotatable bonds is 0. The normalized spacial score (nSPS) is 17.7. The van der Waals surface area contributed by atoms with Crippen LogP contribution in [0.15, 0.2) is 72.8 Å². The van der Waals surface area contributed by atoms with Gasteiger partial charge in [-0.2, -0.15) is 0 Å². The molecule has 0 radical (unpaired) electrons. The molecule has 2 aliphatic rings. The first-order chi connectivity index (χ1) is 11.8. The van der Waals surface area contributed by atoms with E-state index in [2.05, 4.69) is 28.5 Å². The van der Waals surface area contributed by atoms with Gasteiger partial charge < -0.3 is 10.3 Å². The van der Waals surface area contributed by atoms with E-state index in [0.29, 0.717) is 5.70 Å². The predicted molar refractivity (Wildman–Crippen MR) is 97.0 cm³/mol. The highest BCUT2D eigenvalue weighted by Gasteiger charge is 2.25. The number of carbonyl (C=O) groups is 1. The summed E-state index contributed by atoms with van der Waals surface area (Å²) in [6.45, 7) is 0. The molecule has 0 bridgehead atoms. The van der Waals surface area contributed by atoms with Crippen LogP contribution in [0.3, 0.4) is 0 Å². The van der Waals surface area contributed by atoms with Gasteiger partial charge in [0.05, 0.1) is 5.35 Å². The number of hydrogen-bond acceptors (Lipinski definition) is 2. The van der Waals surface area contributed by atoms with E-state index >= 15 is 0 Å². The van der Waals surface area contributed by atoms with Gasteiger partial charge in [0.15, 0.2) is 0 Å². The molecule has 1 aliphatic heterocycles. The molecule has 2 heterocycles. The van der Waals surface area contributed by atoms with Crippen molar-refractivity contribution in [3.05, 3.63) is 89.0 Å². The second-order valence-corrected chi connectivity index (χ2v) is 5.97. The van der Waals surface area contributed by atoms with Crippen LogP contribution >= 0.6 is 0 Å². The van der Waals surface area contributed by atoms with Crippen LogP contribution in [0.1, 0.15) is 10.4 Å².